The first-order valence-corrected chi connectivity index (χ1v) is 13.0. The standard InChI is InChI=1S/C28H45NO4/c1-6-29(7-2)27(33)26(32)15-18(3)23-12-13-24-20(9-8-14-28(23,24)5)10-11-21-16-22(30)17-25(31)19(21)4/h10-11,18,22-26,30-32H,4,6-9,12-17H2,1-3,5H3/b20-10?,21-11-/t18-,22+,23-,24+,25-,26?,28-/m1/s1. The minimum atomic E-state index is -0.916. The van der Waals surface area contributed by atoms with Crippen LogP contribution in [0.3, 0.4) is 0 Å². The minimum Gasteiger partial charge on any atom is -0.393 e. The SMILES string of the molecule is C=C1/C(=C\C=C2CCC[C@]3(C)[C@@H]([C@H](C)CC(O)C(=O)N(CC)CC)CC[C@@H]23)C[C@H](O)C[C@H]1O. The van der Waals surface area contributed by atoms with Crippen molar-refractivity contribution in [1.82, 2.24) is 4.90 Å². The molecule has 5 nitrogen and oxygen atoms in total. The molecule has 0 heterocycles. The lowest BCUT2D eigenvalue weighted by atomic mass is 9.60. The van der Waals surface area contributed by atoms with Crippen LogP contribution in [0, 0.1) is 23.2 Å². The number of hydrogen-bond acceptors (Lipinski definition) is 4. The number of fused-ring (bicyclic) bond motifs is 1. The van der Waals surface area contributed by atoms with Gasteiger partial charge in [0.1, 0.15) is 6.10 Å². The molecule has 0 spiro atoms. The summed E-state index contributed by atoms with van der Waals surface area (Å²) in [6.07, 6.45) is 9.40. The summed E-state index contributed by atoms with van der Waals surface area (Å²) in [5.74, 6) is 1.15. The van der Waals surface area contributed by atoms with Gasteiger partial charge in [0.15, 0.2) is 0 Å². The van der Waals surface area contributed by atoms with Gasteiger partial charge in [-0.2, -0.15) is 0 Å². The van der Waals surface area contributed by atoms with E-state index in [1.54, 1.807) is 4.90 Å². The number of allylic oxidation sites excluding steroid dienone is 3. The van der Waals surface area contributed by atoms with Crippen LogP contribution in [-0.2, 0) is 4.79 Å². The maximum Gasteiger partial charge on any atom is 0.251 e. The maximum atomic E-state index is 12.6. The third-order valence-electron chi connectivity index (χ3n) is 8.94. The summed E-state index contributed by atoms with van der Waals surface area (Å²) in [7, 11) is 0. The van der Waals surface area contributed by atoms with Gasteiger partial charge in [-0.3, -0.25) is 4.79 Å². The number of likely N-dealkylation sites (N-methyl/N-ethyl adjacent to an activating group) is 1. The zero-order chi connectivity index (χ0) is 24.3. The van der Waals surface area contributed by atoms with Gasteiger partial charge in [-0.25, -0.2) is 0 Å². The Labute approximate surface area is 200 Å². The van der Waals surface area contributed by atoms with Gasteiger partial charge in [0.25, 0.3) is 5.91 Å². The van der Waals surface area contributed by atoms with Crippen LogP contribution in [0.4, 0.5) is 0 Å². The molecule has 0 aromatic carbocycles. The van der Waals surface area contributed by atoms with Crippen LogP contribution >= 0.6 is 0 Å². The van der Waals surface area contributed by atoms with Gasteiger partial charge in [-0.15, -0.1) is 0 Å². The van der Waals surface area contributed by atoms with Gasteiger partial charge >= 0.3 is 0 Å². The van der Waals surface area contributed by atoms with Crippen LogP contribution in [0.15, 0.2) is 35.5 Å². The Morgan fingerprint density at radius 1 is 1.24 bits per heavy atom. The Morgan fingerprint density at radius 3 is 2.61 bits per heavy atom. The van der Waals surface area contributed by atoms with E-state index in [0.29, 0.717) is 44.2 Å². The van der Waals surface area contributed by atoms with Crippen LogP contribution in [0.1, 0.15) is 79.1 Å². The number of rotatable bonds is 7. The fourth-order valence-electron chi connectivity index (χ4n) is 7.04. The predicted octanol–water partition coefficient (Wildman–Crippen LogP) is 4.38. The highest BCUT2D eigenvalue weighted by Crippen LogP contribution is 2.59. The van der Waals surface area contributed by atoms with Crippen molar-refractivity contribution in [1.29, 1.82) is 0 Å². The molecule has 5 heteroatoms. The van der Waals surface area contributed by atoms with Gasteiger partial charge in [-0.1, -0.05) is 38.2 Å². The summed E-state index contributed by atoms with van der Waals surface area (Å²) in [5, 5.41) is 30.9. The van der Waals surface area contributed by atoms with Crippen molar-refractivity contribution < 1.29 is 20.1 Å². The Kier molecular flexibility index (Phi) is 8.63. The molecule has 3 aliphatic rings. The third-order valence-corrected chi connectivity index (χ3v) is 8.94. The molecular weight excluding hydrogens is 414 g/mol. The second-order valence-electron chi connectivity index (χ2n) is 10.9. The maximum absolute atomic E-state index is 12.6. The average molecular weight is 460 g/mol. The lowest BCUT2D eigenvalue weighted by Gasteiger charge is -2.44. The smallest absolute Gasteiger partial charge is 0.251 e. The molecule has 186 valence electrons. The molecule has 3 aliphatic carbocycles. The van der Waals surface area contributed by atoms with Crippen molar-refractivity contribution in [2.24, 2.45) is 23.2 Å². The van der Waals surface area contributed by atoms with Crippen molar-refractivity contribution in [3.63, 3.8) is 0 Å². The normalized spacial score (nSPS) is 36.6. The fraction of sp³-hybridized carbons (Fsp3) is 0.750. The van der Waals surface area contributed by atoms with E-state index in [-0.39, 0.29) is 17.2 Å². The van der Waals surface area contributed by atoms with Gasteiger partial charge in [0, 0.05) is 19.5 Å². The van der Waals surface area contributed by atoms with E-state index in [2.05, 4.69) is 32.6 Å². The molecule has 0 radical (unpaired) electrons. The van der Waals surface area contributed by atoms with Gasteiger partial charge < -0.3 is 20.2 Å². The van der Waals surface area contributed by atoms with Crippen LogP contribution in [-0.4, -0.2) is 57.5 Å². The summed E-state index contributed by atoms with van der Waals surface area (Å²) in [6.45, 7) is 13.8. The van der Waals surface area contributed by atoms with Crippen molar-refractivity contribution in [2.75, 3.05) is 13.1 Å². The summed E-state index contributed by atoms with van der Waals surface area (Å²) >= 11 is 0. The summed E-state index contributed by atoms with van der Waals surface area (Å²) in [5.41, 5.74) is 3.35. The molecule has 7 atom stereocenters. The predicted molar refractivity (Wildman–Crippen MR) is 132 cm³/mol. The number of aliphatic hydroxyl groups excluding tert-OH is 3. The lowest BCUT2D eigenvalue weighted by molar-refractivity contribution is -0.141. The summed E-state index contributed by atoms with van der Waals surface area (Å²) in [6, 6.07) is 0. The monoisotopic (exact) mass is 459 g/mol. The molecule has 3 N–H and O–H groups in total. The molecule has 3 fully saturated rings. The van der Waals surface area contributed by atoms with E-state index in [9.17, 15) is 20.1 Å². The van der Waals surface area contributed by atoms with Gasteiger partial charge in [-0.05, 0) is 93.1 Å². The largest absolute Gasteiger partial charge is 0.393 e. The van der Waals surface area contributed by atoms with Crippen molar-refractivity contribution >= 4 is 5.91 Å². The quantitative estimate of drug-likeness (QED) is 0.528. The molecule has 3 rings (SSSR count). The third kappa shape index (κ3) is 5.47. The molecule has 0 aliphatic heterocycles. The second-order valence-corrected chi connectivity index (χ2v) is 10.9. The van der Waals surface area contributed by atoms with E-state index in [4.69, 9.17) is 0 Å². The van der Waals surface area contributed by atoms with Crippen molar-refractivity contribution in [3.8, 4) is 0 Å². The van der Waals surface area contributed by atoms with Crippen LogP contribution in [0.5, 0.6) is 0 Å². The average Bonchev–Trinajstić information content (AvgIpc) is 3.13. The number of nitrogens with zero attached hydrogens (tertiary/aromatic N) is 1. The molecule has 0 bridgehead atoms. The molecule has 0 saturated heterocycles. The van der Waals surface area contributed by atoms with E-state index in [1.807, 2.05) is 13.8 Å². The minimum absolute atomic E-state index is 0.139. The van der Waals surface area contributed by atoms with Gasteiger partial charge in [0.05, 0.1) is 12.2 Å². The fourth-order valence-corrected chi connectivity index (χ4v) is 7.04. The molecule has 33 heavy (non-hydrogen) atoms. The highest BCUT2D eigenvalue weighted by Gasteiger charge is 2.51. The first kappa shape index (κ1) is 26.2. The van der Waals surface area contributed by atoms with Crippen LogP contribution in [0.25, 0.3) is 0 Å². The highest BCUT2D eigenvalue weighted by molar-refractivity contribution is 5.80. The first-order chi connectivity index (χ1) is 15.6. The Bertz CT molecular complexity index is 783. The lowest BCUT2D eigenvalue weighted by Crippen LogP contribution is -2.41. The Hall–Kier alpha value is -1.43. The van der Waals surface area contributed by atoms with E-state index in [1.165, 1.54) is 12.0 Å². The molecular formula is C28H45NO4. The zero-order valence-electron chi connectivity index (χ0n) is 21.1. The van der Waals surface area contributed by atoms with E-state index in [0.717, 1.165) is 36.8 Å². The van der Waals surface area contributed by atoms with Crippen LogP contribution in [0.2, 0.25) is 0 Å². The summed E-state index contributed by atoms with van der Waals surface area (Å²) < 4.78 is 0. The first-order valence-electron chi connectivity index (χ1n) is 13.0. The highest BCUT2D eigenvalue weighted by atomic mass is 16.3. The van der Waals surface area contributed by atoms with E-state index < -0.39 is 18.3 Å². The number of hydrogen-bond donors (Lipinski definition) is 3. The molecule has 0 aromatic heterocycles. The van der Waals surface area contributed by atoms with Crippen LogP contribution < -0.4 is 0 Å². The molecule has 1 amide bonds. The van der Waals surface area contributed by atoms with Gasteiger partial charge in [0.2, 0.25) is 0 Å². The number of carbonyl (C=O) groups excluding carboxylic acids is 1. The molecule has 1 unspecified atom stereocenters. The number of aliphatic hydroxyl groups is 3. The Balaban J connectivity index is 1.72. The van der Waals surface area contributed by atoms with E-state index >= 15 is 0 Å². The second kappa shape index (κ2) is 10.9. The summed E-state index contributed by atoms with van der Waals surface area (Å²) in [4.78, 5) is 14.3. The molecule has 0 aromatic rings. The number of carbonyl (C=O) groups is 1. The molecule has 3 saturated carbocycles. The zero-order valence-corrected chi connectivity index (χ0v) is 21.1. The van der Waals surface area contributed by atoms with Crippen molar-refractivity contribution in [3.05, 3.63) is 35.5 Å². The topological polar surface area (TPSA) is 81.0 Å². The Morgan fingerprint density at radius 2 is 1.94 bits per heavy atom. The van der Waals surface area contributed by atoms with Crippen molar-refractivity contribution in [2.45, 2.75) is 97.4 Å². The number of amides is 1.